The SMILES string of the molecule is C=CC(=O)N1CCC2(CC1)CC(O)c1ccc(OCC)cc1O2. The first-order valence-electron chi connectivity index (χ1n) is 8.12. The predicted octanol–water partition coefficient (Wildman–Crippen LogP) is 2.45. The molecule has 5 nitrogen and oxygen atoms in total. The molecule has 1 spiro atoms. The van der Waals surface area contributed by atoms with Crippen LogP contribution >= 0.6 is 0 Å². The van der Waals surface area contributed by atoms with Crippen LogP contribution in [0.25, 0.3) is 0 Å². The van der Waals surface area contributed by atoms with Crippen molar-refractivity contribution >= 4 is 5.91 Å². The fourth-order valence-electron chi connectivity index (χ4n) is 3.44. The van der Waals surface area contributed by atoms with Gasteiger partial charge in [-0.15, -0.1) is 0 Å². The van der Waals surface area contributed by atoms with Gasteiger partial charge in [-0.3, -0.25) is 4.79 Å². The Morgan fingerprint density at radius 2 is 2.26 bits per heavy atom. The number of carbonyl (C=O) groups is 1. The average molecular weight is 317 g/mol. The molecule has 0 bridgehead atoms. The molecule has 1 amide bonds. The van der Waals surface area contributed by atoms with E-state index in [1.54, 1.807) is 4.90 Å². The van der Waals surface area contributed by atoms with E-state index in [0.717, 1.165) is 11.3 Å². The third-order valence-electron chi connectivity index (χ3n) is 4.71. The maximum atomic E-state index is 11.7. The van der Waals surface area contributed by atoms with Crippen LogP contribution < -0.4 is 9.47 Å². The van der Waals surface area contributed by atoms with Gasteiger partial charge in [0.2, 0.25) is 5.91 Å². The summed E-state index contributed by atoms with van der Waals surface area (Å²) in [4.78, 5) is 13.5. The van der Waals surface area contributed by atoms with Gasteiger partial charge in [-0.1, -0.05) is 6.58 Å². The third kappa shape index (κ3) is 3.06. The number of amides is 1. The van der Waals surface area contributed by atoms with Gasteiger partial charge < -0.3 is 19.5 Å². The van der Waals surface area contributed by atoms with Crippen LogP contribution in [-0.4, -0.2) is 41.2 Å². The van der Waals surface area contributed by atoms with E-state index < -0.39 is 11.7 Å². The molecule has 0 radical (unpaired) electrons. The average Bonchev–Trinajstić information content (AvgIpc) is 2.55. The molecule has 2 aliphatic rings. The molecule has 1 aromatic carbocycles. The molecular formula is C18H23NO4. The molecule has 1 N–H and O–H groups in total. The molecular weight excluding hydrogens is 294 g/mol. The van der Waals surface area contributed by atoms with E-state index in [1.807, 2.05) is 25.1 Å². The summed E-state index contributed by atoms with van der Waals surface area (Å²) in [5.74, 6) is 1.39. The molecule has 1 unspecified atom stereocenters. The minimum absolute atomic E-state index is 0.0461. The first-order chi connectivity index (χ1) is 11.1. The van der Waals surface area contributed by atoms with Crippen LogP contribution in [0.3, 0.4) is 0 Å². The minimum Gasteiger partial charge on any atom is -0.494 e. The lowest BCUT2D eigenvalue weighted by Gasteiger charge is -2.45. The van der Waals surface area contributed by atoms with Crippen LogP contribution in [0.5, 0.6) is 11.5 Å². The summed E-state index contributed by atoms with van der Waals surface area (Å²) in [6.07, 6.45) is 2.78. The number of ether oxygens (including phenoxy) is 2. The van der Waals surface area contributed by atoms with Gasteiger partial charge in [0.15, 0.2) is 0 Å². The molecule has 5 heteroatoms. The number of nitrogens with zero attached hydrogens (tertiary/aromatic N) is 1. The van der Waals surface area contributed by atoms with E-state index in [4.69, 9.17) is 9.47 Å². The number of carbonyl (C=O) groups excluding carboxylic acids is 1. The molecule has 3 rings (SSSR count). The van der Waals surface area contributed by atoms with Gasteiger partial charge in [0.1, 0.15) is 17.1 Å². The lowest BCUT2D eigenvalue weighted by molar-refractivity contribution is -0.130. The second kappa shape index (κ2) is 6.24. The summed E-state index contributed by atoms with van der Waals surface area (Å²) in [5.41, 5.74) is 0.401. The third-order valence-corrected chi connectivity index (χ3v) is 4.71. The first-order valence-corrected chi connectivity index (χ1v) is 8.12. The van der Waals surface area contributed by atoms with Crippen molar-refractivity contribution in [3.63, 3.8) is 0 Å². The van der Waals surface area contributed by atoms with Crippen molar-refractivity contribution in [3.8, 4) is 11.5 Å². The number of rotatable bonds is 3. The standard InChI is InChI=1S/C18H23NO4/c1-3-17(21)19-9-7-18(8-10-19)12-15(20)14-6-5-13(22-4-2)11-16(14)23-18/h3,5-6,11,15,20H,1,4,7-10,12H2,2H3. The van der Waals surface area contributed by atoms with E-state index >= 15 is 0 Å². The molecule has 23 heavy (non-hydrogen) atoms. The van der Waals surface area contributed by atoms with Gasteiger partial charge in [0.05, 0.1) is 12.7 Å². The Balaban J connectivity index is 1.78. The first kappa shape index (κ1) is 15.9. The zero-order chi connectivity index (χ0) is 16.4. The highest BCUT2D eigenvalue weighted by Crippen LogP contribution is 2.45. The lowest BCUT2D eigenvalue weighted by Crippen LogP contribution is -2.51. The van der Waals surface area contributed by atoms with E-state index in [1.165, 1.54) is 6.08 Å². The van der Waals surface area contributed by atoms with Crippen LogP contribution in [0.15, 0.2) is 30.9 Å². The van der Waals surface area contributed by atoms with Gasteiger partial charge in [0, 0.05) is 44.0 Å². The molecule has 1 aromatic rings. The topological polar surface area (TPSA) is 59.0 Å². The van der Waals surface area contributed by atoms with Crippen LogP contribution in [0.2, 0.25) is 0 Å². The quantitative estimate of drug-likeness (QED) is 0.870. The van der Waals surface area contributed by atoms with Crippen molar-refractivity contribution in [2.45, 2.75) is 37.9 Å². The number of hydrogen-bond donors (Lipinski definition) is 1. The summed E-state index contributed by atoms with van der Waals surface area (Å²) >= 11 is 0. The Morgan fingerprint density at radius 1 is 1.52 bits per heavy atom. The number of hydrogen-bond acceptors (Lipinski definition) is 4. The molecule has 2 aliphatic heterocycles. The van der Waals surface area contributed by atoms with Crippen molar-refractivity contribution in [1.29, 1.82) is 0 Å². The molecule has 1 saturated heterocycles. The van der Waals surface area contributed by atoms with Crippen LogP contribution in [-0.2, 0) is 4.79 Å². The zero-order valence-electron chi connectivity index (χ0n) is 13.5. The summed E-state index contributed by atoms with van der Waals surface area (Å²) in [6.45, 7) is 7.30. The summed E-state index contributed by atoms with van der Waals surface area (Å²) in [5, 5.41) is 10.5. The zero-order valence-corrected chi connectivity index (χ0v) is 13.5. The Bertz CT molecular complexity index is 605. The fourth-order valence-corrected chi connectivity index (χ4v) is 3.44. The maximum Gasteiger partial charge on any atom is 0.245 e. The fraction of sp³-hybridized carbons (Fsp3) is 0.500. The normalized spacial score (nSPS) is 22.2. The number of fused-ring (bicyclic) bond motifs is 1. The van der Waals surface area contributed by atoms with Crippen molar-refractivity contribution in [3.05, 3.63) is 36.4 Å². The van der Waals surface area contributed by atoms with Crippen molar-refractivity contribution < 1.29 is 19.4 Å². The van der Waals surface area contributed by atoms with E-state index in [-0.39, 0.29) is 5.91 Å². The van der Waals surface area contributed by atoms with Gasteiger partial charge in [0.25, 0.3) is 0 Å². The molecule has 1 atom stereocenters. The van der Waals surface area contributed by atoms with Crippen LogP contribution in [0, 0.1) is 0 Å². The molecule has 2 heterocycles. The summed E-state index contributed by atoms with van der Waals surface area (Å²) in [6, 6.07) is 5.58. The number of aliphatic hydroxyl groups excluding tert-OH is 1. The van der Waals surface area contributed by atoms with Crippen LogP contribution in [0.1, 0.15) is 37.9 Å². The summed E-state index contributed by atoms with van der Waals surface area (Å²) < 4.78 is 11.8. The van der Waals surface area contributed by atoms with Gasteiger partial charge in [-0.05, 0) is 25.1 Å². The van der Waals surface area contributed by atoms with E-state index in [2.05, 4.69) is 6.58 Å². The minimum atomic E-state index is -0.545. The highest BCUT2D eigenvalue weighted by molar-refractivity contribution is 5.87. The van der Waals surface area contributed by atoms with Crippen molar-refractivity contribution in [1.82, 2.24) is 4.90 Å². The van der Waals surface area contributed by atoms with E-state index in [0.29, 0.717) is 44.7 Å². The van der Waals surface area contributed by atoms with Gasteiger partial charge in [-0.25, -0.2) is 0 Å². The Hall–Kier alpha value is -2.01. The highest BCUT2D eigenvalue weighted by atomic mass is 16.5. The number of benzene rings is 1. The second-order valence-electron chi connectivity index (χ2n) is 6.17. The summed E-state index contributed by atoms with van der Waals surface area (Å²) in [7, 11) is 0. The number of piperidine rings is 1. The van der Waals surface area contributed by atoms with E-state index in [9.17, 15) is 9.90 Å². The monoisotopic (exact) mass is 317 g/mol. The van der Waals surface area contributed by atoms with Crippen molar-refractivity contribution in [2.24, 2.45) is 0 Å². The van der Waals surface area contributed by atoms with Gasteiger partial charge in [-0.2, -0.15) is 0 Å². The largest absolute Gasteiger partial charge is 0.494 e. The molecule has 1 fully saturated rings. The Labute approximate surface area is 136 Å². The molecule has 124 valence electrons. The highest BCUT2D eigenvalue weighted by Gasteiger charge is 2.43. The molecule has 0 aromatic heterocycles. The predicted molar refractivity (Wildman–Crippen MR) is 86.6 cm³/mol. The maximum absolute atomic E-state index is 11.7. The smallest absolute Gasteiger partial charge is 0.245 e. The molecule has 0 aliphatic carbocycles. The molecule has 0 saturated carbocycles. The Kier molecular flexibility index (Phi) is 4.31. The second-order valence-corrected chi connectivity index (χ2v) is 6.17. The lowest BCUT2D eigenvalue weighted by atomic mass is 9.81. The van der Waals surface area contributed by atoms with Crippen LogP contribution in [0.4, 0.5) is 0 Å². The van der Waals surface area contributed by atoms with Crippen molar-refractivity contribution in [2.75, 3.05) is 19.7 Å². The van der Waals surface area contributed by atoms with Gasteiger partial charge >= 0.3 is 0 Å². The number of likely N-dealkylation sites (tertiary alicyclic amines) is 1. The number of aliphatic hydroxyl groups is 1. The Morgan fingerprint density at radius 3 is 2.91 bits per heavy atom.